The van der Waals surface area contributed by atoms with E-state index in [1.807, 2.05) is 25.1 Å². The number of carbonyl (C=O) groups excluding carboxylic acids is 2. The zero-order chi connectivity index (χ0) is 18.0. The van der Waals surface area contributed by atoms with Crippen molar-refractivity contribution in [3.8, 4) is 0 Å². The molecule has 2 aromatic carbocycles. The van der Waals surface area contributed by atoms with Crippen LogP contribution in [0.25, 0.3) is 0 Å². The molecular formula is C19H18Cl2N2O2. The van der Waals surface area contributed by atoms with Gasteiger partial charge in [-0.2, -0.15) is 0 Å². The van der Waals surface area contributed by atoms with Crippen LogP contribution in [-0.2, 0) is 0 Å². The maximum Gasteiger partial charge on any atom is 0.255 e. The smallest absolute Gasteiger partial charge is 0.255 e. The van der Waals surface area contributed by atoms with Crippen LogP contribution in [0.3, 0.4) is 0 Å². The summed E-state index contributed by atoms with van der Waals surface area (Å²) in [6.07, 6.45) is 0.867. The Morgan fingerprint density at radius 1 is 1.04 bits per heavy atom. The summed E-state index contributed by atoms with van der Waals surface area (Å²) in [6.45, 7) is 4.63. The van der Waals surface area contributed by atoms with Crippen molar-refractivity contribution < 1.29 is 9.59 Å². The highest BCUT2D eigenvalue weighted by atomic mass is 35.5. The lowest BCUT2D eigenvalue weighted by molar-refractivity contribution is 0.0747. The lowest BCUT2D eigenvalue weighted by atomic mass is 10.1. The van der Waals surface area contributed by atoms with Crippen LogP contribution in [0.1, 0.15) is 26.3 Å². The molecule has 6 heteroatoms. The first-order valence-corrected chi connectivity index (χ1v) is 8.80. The van der Waals surface area contributed by atoms with Crippen LogP contribution in [0.2, 0.25) is 10.0 Å². The third kappa shape index (κ3) is 3.80. The Balaban J connectivity index is 1.68. The van der Waals surface area contributed by atoms with E-state index in [0.717, 1.165) is 30.6 Å². The van der Waals surface area contributed by atoms with Crippen LogP contribution in [0.4, 0.5) is 5.69 Å². The minimum atomic E-state index is -0.0752. The van der Waals surface area contributed by atoms with Gasteiger partial charge in [0, 0.05) is 42.5 Å². The Morgan fingerprint density at radius 3 is 2.36 bits per heavy atom. The molecule has 0 unspecified atom stereocenters. The lowest BCUT2D eigenvalue weighted by Crippen LogP contribution is -2.48. The van der Waals surface area contributed by atoms with Gasteiger partial charge in [0.25, 0.3) is 5.91 Å². The molecular weight excluding hydrogens is 359 g/mol. The van der Waals surface area contributed by atoms with Gasteiger partial charge in [-0.1, -0.05) is 23.2 Å². The van der Waals surface area contributed by atoms with E-state index >= 15 is 0 Å². The lowest BCUT2D eigenvalue weighted by Gasteiger charge is -2.36. The Bertz CT molecular complexity index is 815. The average molecular weight is 377 g/mol. The number of benzene rings is 2. The minimum absolute atomic E-state index is 0.0752. The maximum absolute atomic E-state index is 12.7. The van der Waals surface area contributed by atoms with Crippen LogP contribution in [0.5, 0.6) is 0 Å². The molecule has 25 heavy (non-hydrogen) atoms. The number of nitrogens with zero attached hydrogens (tertiary/aromatic N) is 2. The summed E-state index contributed by atoms with van der Waals surface area (Å²) in [7, 11) is 0. The topological polar surface area (TPSA) is 40.6 Å². The summed E-state index contributed by atoms with van der Waals surface area (Å²) in [4.78, 5) is 27.6. The van der Waals surface area contributed by atoms with Gasteiger partial charge in [0.2, 0.25) is 0 Å². The van der Waals surface area contributed by atoms with E-state index in [1.54, 1.807) is 23.1 Å². The highest BCUT2D eigenvalue weighted by Crippen LogP contribution is 2.24. The van der Waals surface area contributed by atoms with E-state index in [1.165, 1.54) is 0 Å². The molecule has 0 radical (unpaired) electrons. The fraction of sp³-hybridized carbons (Fsp3) is 0.263. The third-order valence-electron chi connectivity index (χ3n) is 4.47. The summed E-state index contributed by atoms with van der Waals surface area (Å²) in [5.74, 6) is -0.0752. The molecule has 1 aliphatic heterocycles. The van der Waals surface area contributed by atoms with Gasteiger partial charge in [-0.25, -0.2) is 0 Å². The first-order valence-electron chi connectivity index (χ1n) is 8.04. The first-order chi connectivity index (χ1) is 12.0. The number of hydrogen-bond acceptors (Lipinski definition) is 3. The number of piperazine rings is 1. The maximum atomic E-state index is 12.7. The van der Waals surface area contributed by atoms with Gasteiger partial charge in [-0.3, -0.25) is 9.59 Å². The molecule has 0 saturated carbocycles. The second kappa shape index (κ2) is 7.46. The normalized spacial score (nSPS) is 14.5. The van der Waals surface area contributed by atoms with Gasteiger partial charge in [0.1, 0.15) is 6.29 Å². The number of aldehydes is 1. The number of carbonyl (C=O) groups is 2. The van der Waals surface area contributed by atoms with E-state index in [9.17, 15) is 9.59 Å². The molecule has 4 nitrogen and oxygen atoms in total. The molecule has 130 valence electrons. The van der Waals surface area contributed by atoms with Crippen LogP contribution in [-0.4, -0.2) is 43.3 Å². The SMILES string of the molecule is Cc1cc(N2CCN(C(=O)c3ccc(Cl)cc3Cl)CC2)ccc1C=O. The molecule has 0 bridgehead atoms. The molecule has 1 aliphatic rings. The minimum Gasteiger partial charge on any atom is -0.368 e. The highest BCUT2D eigenvalue weighted by molar-refractivity contribution is 6.36. The van der Waals surface area contributed by atoms with Crippen molar-refractivity contribution in [1.29, 1.82) is 0 Å². The number of hydrogen-bond donors (Lipinski definition) is 0. The van der Waals surface area contributed by atoms with Crippen molar-refractivity contribution in [2.24, 2.45) is 0 Å². The van der Waals surface area contributed by atoms with Crippen molar-refractivity contribution >= 4 is 41.1 Å². The molecule has 0 aliphatic carbocycles. The largest absolute Gasteiger partial charge is 0.368 e. The van der Waals surface area contributed by atoms with Gasteiger partial charge in [-0.05, 0) is 48.9 Å². The van der Waals surface area contributed by atoms with Crippen LogP contribution < -0.4 is 4.90 Å². The van der Waals surface area contributed by atoms with Crippen LogP contribution in [0.15, 0.2) is 36.4 Å². The van der Waals surface area contributed by atoms with Crippen molar-refractivity contribution in [3.63, 3.8) is 0 Å². The Labute approximate surface area is 156 Å². The molecule has 1 heterocycles. The molecule has 0 atom stereocenters. The second-order valence-corrected chi connectivity index (χ2v) is 6.91. The fourth-order valence-corrected chi connectivity index (χ4v) is 3.48. The number of anilines is 1. The van der Waals surface area contributed by atoms with Gasteiger partial charge in [0.15, 0.2) is 0 Å². The van der Waals surface area contributed by atoms with Crippen molar-refractivity contribution in [2.75, 3.05) is 31.1 Å². The standard InChI is InChI=1S/C19H18Cl2N2O2/c1-13-10-16(4-2-14(13)12-24)22-6-8-23(9-7-22)19(25)17-5-3-15(20)11-18(17)21/h2-5,10-12H,6-9H2,1H3. The van der Waals surface area contributed by atoms with E-state index < -0.39 is 0 Å². The van der Waals surface area contributed by atoms with Gasteiger partial charge in [0.05, 0.1) is 10.6 Å². The average Bonchev–Trinajstić information content (AvgIpc) is 2.61. The van der Waals surface area contributed by atoms with E-state index in [2.05, 4.69) is 4.90 Å². The summed E-state index contributed by atoms with van der Waals surface area (Å²) in [5, 5.41) is 0.889. The number of halogens is 2. The predicted molar refractivity (Wildman–Crippen MR) is 101 cm³/mol. The van der Waals surface area contributed by atoms with E-state index in [-0.39, 0.29) is 5.91 Å². The number of rotatable bonds is 3. The van der Waals surface area contributed by atoms with E-state index in [0.29, 0.717) is 34.3 Å². The fourth-order valence-electron chi connectivity index (χ4n) is 2.99. The Kier molecular flexibility index (Phi) is 5.30. The highest BCUT2D eigenvalue weighted by Gasteiger charge is 2.24. The monoisotopic (exact) mass is 376 g/mol. The number of amides is 1. The van der Waals surface area contributed by atoms with Crippen LogP contribution in [0, 0.1) is 6.92 Å². The summed E-state index contributed by atoms with van der Waals surface area (Å²) < 4.78 is 0. The second-order valence-electron chi connectivity index (χ2n) is 6.06. The van der Waals surface area contributed by atoms with Gasteiger partial charge in [-0.15, -0.1) is 0 Å². The molecule has 2 aromatic rings. The Hall–Kier alpha value is -2.04. The Morgan fingerprint density at radius 2 is 1.76 bits per heavy atom. The molecule has 1 amide bonds. The van der Waals surface area contributed by atoms with E-state index in [4.69, 9.17) is 23.2 Å². The van der Waals surface area contributed by atoms with Gasteiger partial charge < -0.3 is 9.80 Å². The van der Waals surface area contributed by atoms with Crippen LogP contribution >= 0.6 is 23.2 Å². The zero-order valence-electron chi connectivity index (χ0n) is 13.8. The predicted octanol–water partition coefficient (Wildman–Crippen LogP) is 4.08. The third-order valence-corrected chi connectivity index (χ3v) is 5.02. The van der Waals surface area contributed by atoms with Crippen molar-refractivity contribution in [2.45, 2.75) is 6.92 Å². The summed E-state index contributed by atoms with van der Waals surface area (Å²) in [5.41, 5.74) is 3.21. The van der Waals surface area contributed by atoms with Crippen molar-refractivity contribution in [1.82, 2.24) is 4.90 Å². The molecule has 1 saturated heterocycles. The molecule has 3 rings (SSSR count). The molecule has 0 N–H and O–H groups in total. The summed E-state index contributed by atoms with van der Waals surface area (Å²) >= 11 is 12.0. The number of aryl methyl sites for hydroxylation is 1. The zero-order valence-corrected chi connectivity index (χ0v) is 15.3. The quantitative estimate of drug-likeness (QED) is 0.757. The van der Waals surface area contributed by atoms with Gasteiger partial charge >= 0.3 is 0 Å². The molecule has 1 fully saturated rings. The van der Waals surface area contributed by atoms with Crippen molar-refractivity contribution in [3.05, 3.63) is 63.1 Å². The molecule has 0 spiro atoms. The summed E-state index contributed by atoms with van der Waals surface area (Å²) in [6, 6.07) is 10.7. The first kappa shape index (κ1) is 17.8. The molecule has 0 aromatic heterocycles.